The summed E-state index contributed by atoms with van der Waals surface area (Å²) in [5.41, 5.74) is 6.97. The maximum atomic E-state index is 12.6. The monoisotopic (exact) mass is 375 g/mol. The molecule has 1 atom stereocenters. The lowest BCUT2D eigenvalue weighted by molar-refractivity contribution is -0.136. The standard InChI is InChI=1S/C21H33N3O3/c1-21(2,3)19(22)20(26)24-13-5-12-23(14-15-24)18(25)11-8-16-6-9-17(27-4)10-7-16/h6-7,9-10,19H,5,8,11-15,22H2,1-4H3/t19-/m1/s1. The molecule has 0 aliphatic carbocycles. The van der Waals surface area contributed by atoms with Crippen molar-refractivity contribution in [3.05, 3.63) is 29.8 Å². The molecule has 6 heteroatoms. The second-order valence-corrected chi connectivity index (χ2v) is 8.25. The van der Waals surface area contributed by atoms with E-state index in [0.29, 0.717) is 39.0 Å². The smallest absolute Gasteiger partial charge is 0.240 e. The fourth-order valence-corrected chi connectivity index (χ4v) is 3.16. The van der Waals surface area contributed by atoms with Crippen LogP contribution in [0.5, 0.6) is 5.75 Å². The fraction of sp³-hybridized carbons (Fsp3) is 0.619. The minimum atomic E-state index is -0.519. The summed E-state index contributed by atoms with van der Waals surface area (Å²) in [5.74, 6) is 0.936. The zero-order valence-electron chi connectivity index (χ0n) is 17.0. The molecule has 1 aromatic rings. The molecular formula is C21H33N3O3. The zero-order chi connectivity index (χ0) is 20.0. The molecule has 27 heavy (non-hydrogen) atoms. The van der Waals surface area contributed by atoms with Crippen molar-refractivity contribution in [2.24, 2.45) is 11.1 Å². The molecule has 0 saturated carbocycles. The first-order chi connectivity index (χ1) is 12.7. The summed E-state index contributed by atoms with van der Waals surface area (Å²) in [6.45, 7) is 8.40. The number of ether oxygens (including phenoxy) is 1. The summed E-state index contributed by atoms with van der Waals surface area (Å²) < 4.78 is 5.15. The van der Waals surface area contributed by atoms with Crippen molar-refractivity contribution < 1.29 is 14.3 Å². The van der Waals surface area contributed by atoms with E-state index in [0.717, 1.165) is 17.7 Å². The predicted octanol–water partition coefficient (Wildman–Crippen LogP) is 2.06. The Kier molecular flexibility index (Phi) is 7.25. The molecule has 0 aromatic heterocycles. The Morgan fingerprint density at radius 3 is 2.26 bits per heavy atom. The topological polar surface area (TPSA) is 75.9 Å². The highest BCUT2D eigenvalue weighted by Gasteiger charge is 2.32. The Balaban J connectivity index is 1.85. The molecule has 150 valence electrons. The van der Waals surface area contributed by atoms with E-state index in [-0.39, 0.29) is 17.2 Å². The van der Waals surface area contributed by atoms with Gasteiger partial charge in [0.1, 0.15) is 5.75 Å². The van der Waals surface area contributed by atoms with Crippen molar-refractivity contribution in [3.63, 3.8) is 0 Å². The number of benzene rings is 1. The van der Waals surface area contributed by atoms with Crippen LogP contribution in [0, 0.1) is 5.41 Å². The third-order valence-corrected chi connectivity index (χ3v) is 5.15. The maximum absolute atomic E-state index is 12.6. The summed E-state index contributed by atoms with van der Waals surface area (Å²) in [7, 11) is 1.64. The van der Waals surface area contributed by atoms with Crippen LogP contribution in [0.25, 0.3) is 0 Å². The minimum Gasteiger partial charge on any atom is -0.497 e. The molecule has 1 aromatic carbocycles. The van der Waals surface area contributed by atoms with Crippen LogP contribution < -0.4 is 10.5 Å². The molecule has 1 aliphatic heterocycles. The van der Waals surface area contributed by atoms with E-state index in [2.05, 4.69) is 0 Å². The van der Waals surface area contributed by atoms with Crippen molar-refractivity contribution in [1.82, 2.24) is 9.80 Å². The van der Waals surface area contributed by atoms with Crippen molar-refractivity contribution in [2.75, 3.05) is 33.3 Å². The highest BCUT2D eigenvalue weighted by Crippen LogP contribution is 2.20. The van der Waals surface area contributed by atoms with Crippen LogP contribution in [0.1, 0.15) is 39.2 Å². The van der Waals surface area contributed by atoms with Crippen LogP contribution in [-0.4, -0.2) is 60.9 Å². The van der Waals surface area contributed by atoms with E-state index in [1.807, 2.05) is 54.8 Å². The van der Waals surface area contributed by atoms with Gasteiger partial charge >= 0.3 is 0 Å². The lowest BCUT2D eigenvalue weighted by Crippen LogP contribution is -2.51. The molecule has 1 saturated heterocycles. The Bertz CT molecular complexity index is 637. The molecule has 0 radical (unpaired) electrons. The van der Waals surface area contributed by atoms with Crippen molar-refractivity contribution in [2.45, 2.75) is 46.1 Å². The lowest BCUT2D eigenvalue weighted by Gasteiger charge is -2.31. The zero-order valence-corrected chi connectivity index (χ0v) is 17.0. The number of nitrogens with two attached hydrogens (primary N) is 1. The van der Waals surface area contributed by atoms with Gasteiger partial charge in [0.15, 0.2) is 0 Å². The Morgan fingerprint density at radius 1 is 1.07 bits per heavy atom. The molecule has 0 bridgehead atoms. The number of carbonyl (C=O) groups excluding carboxylic acids is 2. The molecule has 0 spiro atoms. The average molecular weight is 376 g/mol. The molecule has 2 amide bonds. The van der Waals surface area contributed by atoms with Crippen LogP contribution in [-0.2, 0) is 16.0 Å². The van der Waals surface area contributed by atoms with Crippen LogP contribution in [0.15, 0.2) is 24.3 Å². The van der Waals surface area contributed by atoms with E-state index in [1.54, 1.807) is 7.11 Å². The van der Waals surface area contributed by atoms with Gasteiger partial charge in [0.25, 0.3) is 0 Å². The first kappa shape index (κ1) is 21.2. The average Bonchev–Trinajstić information content (AvgIpc) is 2.90. The normalized spacial score (nSPS) is 16.6. The van der Waals surface area contributed by atoms with E-state index in [1.165, 1.54) is 0 Å². The third kappa shape index (κ3) is 5.96. The summed E-state index contributed by atoms with van der Waals surface area (Å²) in [4.78, 5) is 28.9. The SMILES string of the molecule is COc1ccc(CCC(=O)N2CCCN(C(=O)[C@@H](N)C(C)(C)C)CC2)cc1. The number of amides is 2. The quantitative estimate of drug-likeness (QED) is 0.855. The second kappa shape index (κ2) is 9.22. The summed E-state index contributed by atoms with van der Waals surface area (Å²) >= 11 is 0. The van der Waals surface area contributed by atoms with Crippen LogP contribution >= 0.6 is 0 Å². The molecule has 0 unspecified atom stereocenters. The minimum absolute atomic E-state index is 0.0185. The first-order valence-electron chi connectivity index (χ1n) is 9.67. The number of methoxy groups -OCH3 is 1. The van der Waals surface area contributed by atoms with E-state index < -0.39 is 6.04 Å². The number of nitrogens with zero attached hydrogens (tertiary/aromatic N) is 2. The second-order valence-electron chi connectivity index (χ2n) is 8.25. The van der Waals surface area contributed by atoms with Crippen molar-refractivity contribution >= 4 is 11.8 Å². The Morgan fingerprint density at radius 2 is 1.67 bits per heavy atom. The van der Waals surface area contributed by atoms with Gasteiger partial charge in [-0.15, -0.1) is 0 Å². The molecule has 1 aliphatic rings. The summed E-state index contributed by atoms with van der Waals surface area (Å²) in [6.07, 6.45) is 1.97. The van der Waals surface area contributed by atoms with Gasteiger partial charge in [-0.25, -0.2) is 0 Å². The first-order valence-corrected chi connectivity index (χ1v) is 9.67. The number of aryl methyl sites for hydroxylation is 1. The molecule has 1 fully saturated rings. The van der Waals surface area contributed by atoms with Gasteiger partial charge in [-0.1, -0.05) is 32.9 Å². The van der Waals surface area contributed by atoms with Crippen LogP contribution in [0.2, 0.25) is 0 Å². The maximum Gasteiger partial charge on any atom is 0.240 e. The van der Waals surface area contributed by atoms with Gasteiger partial charge < -0.3 is 20.3 Å². The van der Waals surface area contributed by atoms with Gasteiger partial charge in [0.05, 0.1) is 13.2 Å². The van der Waals surface area contributed by atoms with Crippen LogP contribution in [0.3, 0.4) is 0 Å². The number of hydrogen-bond acceptors (Lipinski definition) is 4. The molecule has 6 nitrogen and oxygen atoms in total. The molecular weight excluding hydrogens is 342 g/mol. The summed E-state index contributed by atoms with van der Waals surface area (Å²) in [6, 6.07) is 7.28. The van der Waals surface area contributed by atoms with Gasteiger partial charge in [0.2, 0.25) is 11.8 Å². The van der Waals surface area contributed by atoms with Gasteiger partial charge in [-0.3, -0.25) is 9.59 Å². The molecule has 1 heterocycles. The van der Waals surface area contributed by atoms with Crippen LogP contribution in [0.4, 0.5) is 0 Å². The number of carbonyl (C=O) groups is 2. The van der Waals surface area contributed by atoms with Gasteiger partial charge in [-0.2, -0.15) is 0 Å². The predicted molar refractivity (Wildman–Crippen MR) is 107 cm³/mol. The largest absolute Gasteiger partial charge is 0.497 e. The van der Waals surface area contributed by atoms with Gasteiger partial charge in [-0.05, 0) is 36.0 Å². The fourth-order valence-electron chi connectivity index (χ4n) is 3.16. The number of rotatable bonds is 5. The van der Waals surface area contributed by atoms with Gasteiger partial charge in [0, 0.05) is 32.6 Å². The number of hydrogen-bond donors (Lipinski definition) is 1. The Labute approximate surface area is 162 Å². The molecule has 2 rings (SSSR count). The van der Waals surface area contributed by atoms with E-state index in [9.17, 15) is 9.59 Å². The Hall–Kier alpha value is -2.08. The highest BCUT2D eigenvalue weighted by atomic mass is 16.5. The van der Waals surface area contributed by atoms with E-state index in [4.69, 9.17) is 10.5 Å². The van der Waals surface area contributed by atoms with E-state index >= 15 is 0 Å². The molecule has 2 N–H and O–H groups in total. The third-order valence-electron chi connectivity index (χ3n) is 5.15. The summed E-state index contributed by atoms with van der Waals surface area (Å²) in [5, 5.41) is 0. The lowest BCUT2D eigenvalue weighted by atomic mass is 9.86. The van der Waals surface area contributed by atoms with Crippen molar-refractivity contribution in [3.8, 4) is 5.75 Å². The van der Waals surface area contributed by atoms with Crippen molar-refractivity contribution in [1.29, 1.82) is 0 Å². The highest BCUT2D eigenvalue weighted by molar-refractivity contribution is 5.82.